The number of hydrogen-bond donors (Lipinski definition) is 0. The Labute approximate surface area is 148 Å². The predicted molar refractivity (Wildman–Crippen MR) is 104 cm³/mol. The van der Waals surface area contributed by atoms with Gasteiger partial charge >= 0.3 is 0 Å². The minimum atomic E-state index is 1.27. The van der Waals surface area contributed by atoms with E-state index in [4.69, 9.17) is 0 Å². The fourth-order valence-electron chi connectivity index (χ4n) is 4.22. The maximum absolute atomic E-state index is 2.39. The molecule has 1 aliphatic rings. The van der Waals surface area contributed by atoms with Crippen molar-refractivity contribution in [3.05, 3.63) is 78.0 Å². The highest BCUT2D eigenvalue weighted by Gasteiger charge is 2.25. The molecule has 1 aliphatic carbocycles. The van der Waals surface area contributed by atoms with Gasteiger partial charge in [-0.3, -0.25) is 0 Å². The van der Waals surface area contributed by atoms with Crippen LogP contribution in [0.25, 0.3) is 44.3 Å². The van der Waals surface area contributed by atoms with E-state index >= 15 is 0 Å². The summed E-state index contributed by atoms with van der Waals surface area (Å²) in [6.07, 6.45) is 2.15. The molecule has 0 aliphatic heterocycles. The van der Waals surface area contributed by atoms with Crippen LogP contribution in [0.3, 0.4) is 0 Å². The highest BCUT2D eigenvalue weighted by Crippen LogP contribution is 2.49. The summed E-state index contributed by atoms with van der Waals surface area (Å²) in [6.45, 7) is 4.41. The molecular formula is C24H20N+. The molecule has 0 atom stereocenters. The Hall–Kier alpha value is -2.93. The summed E-state index contributed by atoms with van der Waals surface area (Å²) in [5, 5.41) is 2.77. The largest absolute Gasteiger partial charge is 0.212 e. The topological polar surface area (TPSA) is 3.88 Å². The van der Waals surface area contributed by atoms with Crippen LogP contribution in [0.4, 0.5) is 0 Å². The van der Waals surface area contributed by atoms with Gasteiger partial charge in [0.2, 0.25) is 5.69 Å². The summed E-state index contributed by atoms with van der Waals surface area (Å²) in [5.41, 5.74) is 10.7. The zero-order chi connectivity index (χ0) is 17.1. The number of nitrogens with zero attached hydrogens (tertiary/aromatic N) is 1. The quantitative estimate of drug-likeness (QED) is 0.354. The van der Waals surface area contributed by atoms with Crippen molar-refractivity contribution in [3.8, 4) is 33.5 Å². The van der Waals surface area contributed by atoms with Gasteiger partial charge in [0, 0.05) is 12.1 Å². The van der Waals surface area contributed by atoms with Gasteiger partial charge in [-0.05, 0) is 64.1 Å². The number of aromatic nitrogens is 1. The minimum absolute atomic E-state index is 1.27. The lowest BCUT2D eigenvalue weighted by Crippen LogP contribution is -2.30. The molecule has 4 aromatic rings. The third kappa shape index (κ3) is 1.93. The van der Waals surface area contributed by atoms with Gasteiger partial charge in [-0.15, -0.1) is 0 Å². The molecule has 1 heteroatoms. The maximum atomic E-state index is 2.39. The Kier molecular flexibility index (Phi) is 2.90. The Morgan fingerprint density at radius 3 is 2.20 bits per heavy atom. The van der Waals surface area contributed by atoms with Crippen molar-refractivity contribution in [2.75, 3.05) is 0 Å². The molecule has 1 aromatic heterocycles. The number of pyridine rings is 1. The average Bonchev–Trinajstić information content (AvgIpc) is 2.95. The van der Waals surface area contributed by atoms with Crippen LogP contribution in [0, 0.1) is 13.8 Å². The fraction of sp³-hybridized carbons (Fsp3) is 0.125. The van der Waals surface area contributed by atoms with Crippen LogP contribution >= 0.6 is 0 Å². The lowest BCUT2D eigenvalue weighted by molar-refractivity contribution is -0.660. The Morgan fingerprint density at radius 1 is 0.680 bits per heavy atom. The van der Waals surface area contributed by atoms with Crippen molar-refractivity contribution in [2.24, 2.45) is 7.05 Å². The molecule has 0 saturated heterocycles. The molecule has 25 heavy (non-hydrogen) atoms. The molecule has 1 heterocycles. The molecule has 0 bridgehead atoms. The summed E-state index contributed by atoms with van der Waals surface area (Å²) in [5.74, 6) is 0. The molecule has 0 amide bonds. The summed E-state index contributed by atoms with van der Waals surface area (Å²) in [7, 11) is 2.13. The first kappa shape index (κ1) is 14.4. The molecule has 1 nitrogen and oxygen atoms in total. The van der Waals surface area contributed by atoms with Gasteiger partial charge in [0.1, 0.15) is 7.05 Å². The molecule has 0 fully saturated rings. The zero-order valence-corrected chi connectivity index (χ0v) is 14.8. The molecule has 0 radical (unpaired) electrons. The van der Waals surface area contributed by atoms with Gasteiger partial charge < -0.3 is 0 Å². The Morgan fingerprint density at radius 2 is 1.40 bits per heavy atom. The Bertz CT molecular complexity index is 1170. The minimum Gasteiger partial charge on any atom is -0.201 e. The van der Waals surface area contributed by atoms with Crippen LogP contribution in [-0.4, -0.2) is 0 Å². The first-order chi connectivity index (χ1) is 12.1. The second-order valence-corrected chi connectivity index (χ2v) is 7.07. The van der Waals surface area contributed by atoms with E-state index < -0.39 is 0 Å². The van der Waals surface area contributed by atoms with Crippen LogP contribution in [0.15, 0.2) is 66.9 Å². The third-order valence-corrected chi connectivity index (χ3v) is 5.52. The molecule has 3 aromatic carbocycles. The second kappa shape index (κ2) is 5.03. The van der Waals surface area contributed by atoms with E-state index in [1.54, 1.807) is 0 Å². The summed E-state index contributed by atoms with van der Waals surface area (Å²) in [4.78, 5) is 0. The highest BCUT2D eigenvalue weighted by molar-refractivity contribution is 6.17. The van der Waals surface area contributed by atoms with E-state index in [0.29, 0.717) is 0 Å². The molecule has 120 valence electrons. The third-order valence-electron chi connectivity index (χ3n) is 5.52. The second-order valence-electron chi connectivity index (χ2n) is 7.07. The van der Waals surface area contributed by atoms with E-state index in [0.717, 1.165) is 0 Å². The van der Waals surface area contributed by atoms with Gasteiger partial charge in [-0.2, -0.15) is 0 Å². The number of aryl methyl sites for hydroxylation is 3. The molecule has 0 saturated carbocycles. The van der Waals surface area contributed by atoms with Crippen molar-refractivity contribution >= 4 is 10.8 Å². The standard InChI is InChI=1S/C24H20N/c1-15-11-12-25(3)23(13-15)21-14-22-19-8-5-4-7-18(19)20-10-6-9-17(16(21)2)24(20)22/h4-14H,1-3H3/q+1. The predicted octanol–water partition coefficient (Wildman–Crippen LogP) is 5.60. The maximum Gasteiger partial charge on any atom is 0.212 e. The van der Waals surface area contributed by atoms with Gasteiger partial charge in [-0.1, -0.05) is 42.5 Å². The van der Waals surface area contributed by atoms with Crippen molar-refractivity contribution in [1.82, 2.24) is 0 Å². The SMILES string of the molecule is Cc1cc[n+](C)c(-c2cc3c4c(cccc4c2C)-c2ccccc2-3)c1. The normalized spacial score (nSPS) is 11.8. The molecular weight excluding hydrogens is 302 g/mol. The van der Waals surface area contributed by atoms with Gasteiger partial charge in [0.05, 0.1) is 5.56 Å². The van der Waals surface area contributed by atoms with Gasteiger partial charge in [-0.25, -0.2) is 4.57 Å². The summed E-state index contributed by atoms with van der Waals surface area (Å²) < 4.78 is 2.22. The monoisotopic (exact) mass is 322 g/mol. The Balaban J connectivity index is 1.93. The number of rotatable bonds is 1. The van der Waals surface area contributed by atoms with Crippen molar-refractivity contribution in [1.29, 1.82) is 0 Å². The van der Waals surface area contributed by atoms with E-state index in [9.17, 15) is 0 Å². The van der Waals surface area contributed by atoms with E-state index in [-0.39, 0.29) is 0 Å². The smallest absolute Gasteiger partial charge is 0.201 e. The van der Waals surface area contributed by atoms with E-state index in [2.05, 4.69) is 92.3 Å². The van der Waals surface area contributed by atoms with Crippen molar-refractivity contribution in [2.45, 2.75) is 13.8 Å². The van der Waals surface area contributed by atoms with Crippen LogP contribution in [0.1, 0.15) is 11.1 Å². The summed E-state index contributed by atoms with van der Waals surface area (Å²) in [6, 6.07) is 22.3. The molecule has 0 N–H and O–H groups in total. The van der Waals surface area contributed by atoms with E-state index in [1.807, 2.05) is 0 Å². The van der Waals surface area contributed by atoms with Crippen molar-refractivity contribution in [3.63, 3.8) is 0 Å². The lowest BCUT2D eigenvalue weighted by Gasteiger charge is -2.11. The fourth-order valence-corrected chi connectivity index (χ4v) is 4.22. The van der Waals surface area contributed by atoms with Crippen LogP contribution in [0.2, 0.25) is 0 Å². The first-order valence-corrected chi connectivity index (χ1v) is 8.78. The van der Waals surface area contributed by atoms with Crippen LogP contribution in [-0.2, 0) is 7.05 Å². The van der Waals surface area contributed by atoms with Crippen LogP contribution < -0.4 is 4.57 Å². The summed E-state index contributed by atoms with van der Waals surface area (Å²) >= 11 is 0. The zero-order valence-electron chi connectivity index (χ0n) is 14.8. The molecule has 0 spiro atoms. The van der Waals surface area contributed by atoms with E-state index in [1.165, 1.54) is 55.4 Å². The lowest BCUT2D eigenvalue weighted by atomic mass is 9.92. The molecule has 5 rings (SSSR count). The van der Waals surface area contributed by atoms with Gasteiger partial charge in [0.25, 0.3) is 0 Å². The first-order valence-electron chi connectivity index (χ1n) is 8.78. The number of hydrogen-bond acceptors (Lipinski definition) is 0. The highest BCUT2D eigenvalue weighted by atomic mass is 14.9. The average molecular weight is 322 g/mol. The number of benzene rings is 3. The van der Waals surface area contributed by atoms with Gasteiger partial charge in [0.15, 0.2) is 6.20 Å². The molecule has 0 unspecified atom stereocenters. The van der Waals surface area contributed by atoms with Crippen LogP contribution in [0.5, 0.6) is 0 Å². The number of fused-ring (bicyclic) bond motifs is 3. The van der Waals surface area contributed by atoms with Crippen molar-refractivity contribution < 1.29 is 4.57 Å².